The molecule has 18 heavy (non-hydrogen) atoms. The van der Waals surface area contributed by atoms with Crippen LogP contribution in [0.15, 0.2) is 35.7 Å². The summed E-state index contributed by atoms with van der Waals surface area (Å²) in [6, 6.07) is 9.56. The first kappa shape index (κ1) is 12.6. The molecule has 3 nitrogen and oxygen atoms in total. The van der Waals surface area contributed by atoms with Crippen LogP contribution in [0.5, 0.6) is 0 Å². The van der Waals surface area contributed by atoms with Crippen LogP contribution in [0.1, 0.15) is 16.5 Å². The summed E-state index contributed by atoms with van der Waals surface area (Å²) < 4.78 is 12.9. The Morgan fingerprint density at radius 2 is 2.28 bits per heavy atom. The van der Waals surface area contributed by atoms with E-state index in [2.05, 4.69) is 5.32 Å². The largest absolute Gasteiger partial charge is 0.386 e. The molecule has 0 amide bonds. The number of halogens is 1. The fraction of sp³-hybridized carbons (Fsp3) is 0.154. The van der Waals surface area contributed by atoms with Gasteiger partial charge in [0.2, 0.25) is 0 Å². The Hall–Kier alpha value is -1.90. The fourth-order valence-corrected chi connectivity index (χ4v) is 2.26. The Morgan fingerprint density at radius 3 is 2.94 bits per heavy atom. The van der Waals surface area contributed by atoms with E-state index in [-0.39, 0.29) is 12.1 Å². The number of benzene rings is 1. The Bertz CT molecular complexity index is 563. The maximum Gasteiger partial charge on any atom is 0.124 e. The number of aliphatic hydroxyl groups is 1. The van der Waals surface area contributed by atoms with Crippen molar-refractivity contribution in [2.24, 2.45) is 0 Å². The lowest BCUT2D eigenvalue weighted by Gasteiger charge is -2.12. The summed E-state index contributed by atoms with van der Waals surface area (Å²) in [6.07, 6.45) is -0.637. The zero-order chi connectivity index (χ0) is 13.0. The van der Waals surface area contributed by atoms with Crippen molar-refractivity contribution >= 4 is 17.0 Å². The summed E-state index contributed by atoms with van der Waals surface area (Å²) in [5.41, 5.74) is 0.753. The van der Waals surface area contributed by atoms with Crippen LogP contribution in [0.25, 0.3) is 0 Å². The second-order valence-electron chi connectivity index (χ2n) is 3.71. The third-order valence-electron chi connectivity index (χ3n) is 2.46. The quantitative estimate of drug-likeness (QED) is 0.890. The van der Waals surface area contributed by atoms with Gasteiger partial charge in [-0.1, -0.05) is 6.07 Å². The summed E-state index contributed by atoms with van der Waals surface area (Å²) in [5.74, 6) is -0.448. The monoisotopic (exact) mass is 262 g/mol. The van der Waals surface area contributed by atoms with Crippen LogP contribution < -0.4 is 5.32 Å². The highest BCUT2D eigenvalue weighted by atomic mass is 32.1. The third kappa shape index (κ3) is 2.86. The molecular formula is C13H11FN2OS. The first-order valence-electron chi connectivity index (χ1n) is 5.35. The van der Waals surface area contributed by atoms with Crippen molar-refractivity contribution in [1.82, 2.24) is 0 Å². The minimum Gasteiger partial charge on any atom is -0.386 e. The van der Waals surface area contributed by atoms with E-state index in [4.69, 9.17) is 5.26 Å². The zero-order valence-corrected chi connectivity index (χ0v) is 10.2. The lowest BCUT2D eigenvalue weighted by Crippen LogP contribution is -2.11. The van der Waals surface area contributed by atoms with Gasteiger partial charge >= 0.3 is 0 Å². The molecule has 0 bridgehead atoms. The van der Waals surface area contributed by atoms with E-state index >= 15 is 0 Å². The predicted molar refractivity (Wildman–Crippen MR) is 68.9 cm³/mol. The van der Waals surface area contributed by atoms with Gasteiger partial charge in [-0.15, -0.1) is 11.3 Å². The average Bonchev–Trinajstić information content (AvgIpc) is 2.90. The number of hydrogen-bond acceptors (Lipinski definition) is 4. The van der Waals surface area contributed by atoms with E-state index < -0.39 is 11.9 Å². The molecular weight excluding hydrogens is 251 g/mol. The zero-order valence-electron chi connectivity index (χ0n) is 9.43. The maximum absolute atomic E-state index is 12.9. The number of nitrogens with zero attached hydrogens (tertiary/aromatic N) is 1. The molecule has 0 spiro atoms. The predicted octanol–water partition coefficient (Wildman–Crippen LogP) is 2.90. The van der Waals surface area contributed by atoms with Gasteiger partial charge in [-0.25, -0.2) is 4.39 Å². The molecule has 0 aliphatic rings. The van der Waals surface area contributed by atoms with Crippen LogP contribution in [0, 0.1) is 17.1 Å². The summed E-state index contributed by atoms with van der Waals surface area (Å²) in [7, 11) is 0. The fourth-order valence-electron chi connectivity index (χ4n) is 1.55. The number of hydrogen-bond donors (Lipinski definition) is 2. The Balaban J connectivity index is 2.05. The van der Waals surface area contributed by atoms with Gasteiger partial charge in [0.05, 0.1) is 11.3 Å². The Morgan fingerprint density at radius 1 is 1.44 bits per heavy atom. The second-order valence-corrected chi connectivity index (χ2v) is 4.69. The van der Waals surface area contributed by atoms with Crippen molar-refractivity contribution in [3.63, 3.8) is 0 Å². The smallest absolute Gasteiger partial charge is 0.124 e. The summed E-state index contributed by atoms with van der Waals surface area (Å²) in [5, 5.41) is 23.6. The minimum atomic E-state index is -0.637. The molecule has 0 radical (unpaired) electrons. The standard InChI is InChI=1S/C13H11FN2OS/c14-10-3-4-11(9(6-10)7-15)16-8-12(17)13-2-1-5-18-13/h1-6,12,16-17H,8H2. The van der Waals surface area contributed by atoms with Gasteiger partial charge in [0.15, 0.2) is 0 Å². The molecule has 1 unspecified atom stereocenters. The minimum absolute atomic E-state index is 0.230. The molecule has 0 saturated heterocycles. The van der Waals surface area contributed by atoms with Gasteiger partial charge in [0.1, 0.15) is 18.0 Å². The molecule has 0 aliphatic carbocycles. The molecule has 1 aromatic carbocycles. The number of nitriles is 1. The highest BCUT2D eigenvalue weighted by Crippen LogP contribution is 2.21. The maximum atomic E-state index is 12.9. The molecule has 1 atom stereocenters. The molecule has 0 saturated carbocycles. The normalized spacial score (nSPS) is 11.8. The van der Waals surface area contributed by atoms with E-state index in [0.717, 1.165) is 4.88 Å². The number of aliphatic hydroxyl groups excluding tert-OH is 1. The number of anilines is 1. The van der Waals surface area contributed by atoms with E-state index in [1.165, 1.54) is 29.5 Å². The molecule has 2 rings (SSSR count). The van der Waals surface area contributed by atoms with Crippen LogP contribution in [0.4, 0.5) is 10.1 Å². The molecule has 2 N–H and O–H groups in total. The van der Waals surface area contributed by atoms with Crippen LogP contribution in [-0.4, -0.2) is 11.7 Å². The van der Waals surface area contributed by atoms with E-state index in [1.807, 2.05) is 23.6 Å². The molecule has 2 aromatic rings. The van der Waals surface area contributed by atoms with E-state index in [1.54, 1.807) is 0 Å². The van der Waals surface area contributed by atoms with E-state index in [9.17, 15) is 9.50 Å². The highest BCUT2D eigenvalue weighted by molar-refractivity contribution is 7.10. The van der Waals surface area contributed by atoms with Crippen molar-refractivity contribution in [2.75, 3.05) is 11.9 Å². The molecule has 0 fully saturated rings. The van der Waals surface area contributed by atoms with Crippen LogP contribution in [0.2, 0.25) is 0 Å². The molecule has 0 aliphatic heterocycles. The second kappa shape index (κ2) is 5.63. The Kier molecular flexibility index (Phi) is 3.92. The molecule has 1 aromatic heterocycles. The third-order valence-corrected chi connectivity index (χ3v) is 3.43. The summed E-state index contributed by atoms with van der Waals surface area (Å²) >= 11 is 1.46. The highest BCUT2D eigenvalue weighted by Gasteiger charge is 2.09. The SMILES string of the molecule is N#Cc1cc(F)ccc1NCC(O)c1cccs1. The first-order valence-corrected chi connectivity index (χ1v) is 6.23. The molecule has 1 heterocycles. The van der Waals surface area contributed by atoms with Crippen molar-refractivity contribution in [2.45, 2.75) is 6.10 Å². The van der Waals surface area contributed by atoms with Gasteiger partial charge in [-0.2, -0.15) is 5.26 Å². The van der Waals surface area contributed by atoms with Gasteiger partial charge in [0, 0.05) is 11.4 Å². The van der Waals surface area contributed by atoms with Crippen molar-refractivity contribution in [3.05, 3.63) is 52.0 Å². The summed E-state index contributed by atoms with van der Waals surface area (Å²) in [4.78, 5) is 0.850. The van der Waals surface area contributed by atoms with Gasteiger partial charge in [0.25, 0.3) is 0 Å². The van der Waals surface area contributed by atoms with Crippen molar-refractivity contribution in [3.8, 4) is 6.07 Å². The summed E-state index contributed by atoms with van der Waals surface area (Å²) in [6.45, 7) is 0.279. The van der Waals surface area contributed by atoms with E-state index in [0.29, 0.717) is 5.69 Å². The van der Waals surface area contributed by atoms with Crippen LogP contribution in [-0.2, 0) is 0 Å². The topological polar surface area (TPSA) is 56.0 Å². The van der Waals surface area contributed by atoms with Crippen molar-refractivity contribution < 1.29 is 9.50 Å². The number of rotatable bonds is 4. The lowest BCUT2D eigenvalue weighted by atomic mass is 10.2. The average molecular weight is 262 g/mol. The van der Waals surface area contributed by atoms with Gasteiger partial charge in [-0.05, 0) is 29.6 Å². The lowest BCUT2D eigenvalue weighted by molar-refractivity contribution is 0.195. The van der Waals surface area contributed by atoms with Crippen molar-refractivity contribution in [1.29, 1.82) is 5.26 Å². The van der Waals surface area contributed by atoms with Crippen LogP contribution >= 0.6 is 11.3 Å². The Labute approximate surface area is 108 Å². The number of nitrogens with one attached hydrogen (secondary N) is 1. The number of thiophene rings is 1. The molecule has 5 heteroatoms. The van der Waals surface area contributed by atoms with Gasteiger partial charge < -0.3 is 10.4 Å². The van der Waals surface area contributed by atoms with Crippen LogP contribution in [0.3, 0.4) is 0 Å². The van der Waals surface area contributed by atoms with Gasteiger partial charge in [-0.3, -0.25) is 0 Å². The molecule has 92 valence electrons. The first-order chi connectivity index (χ1) is 8.70.